The Bertz CT molecular complexity index is 1400. The molecule has 6 rings (SSSR count). The fourth-order valence-corrected chi connectivity index (χ4v) is 6.75. The van der Waals surface area contributed by atoms with Crippen molar-refractivity contribution in [1.29, 1.82) is 0 Å². The molecular weight excluding hydrogens is 482 g/mol. The average Bonchev–Trinajstić information content (AvgIpc) is 3.32. The highest BCUT2D eigenvalue weighted by molar-refractivity contribution is 5.85. The van der Waals surface area contributed by atoms with Crippen LogP contribution in [0.4, 0.5) is 0 Å². The number of benzene rings is 3. The van der Waals surface area contributed by atoms with E-state index >= 15 is 0 Å². The second-order valence-corrected chi connectivity index (χ2v) is 11.1. The molecule has 1 amide bonds. The van der Waals surface area contributed by atoms with E-state index in [9.17, 15) is 4.79 Å². The third kappa shape index (κ3) is 5.66. The van der Waals surface area contributed by atoms with Gasteiger partial charge < -0.3 is 19.5 Å². The summed E-state index contributed by atoms with van der Waals surface area (Å²) in [5.41, 5.74) is 7.86. The van der Waals surface area contributed by atoms with Crippen LogP contribution in [0.5, 0.6) is 0 Å². The first kappa shape index (κ1) is 25.8. The first-order valence-corrected chi connectivity index (χ1v) is 14.5. The summed E-state index contributed by atoms with van der Waals surface area (Å²) in [6.45, 7) is 6.79. The molecule has 3 aromatic carbocycles. The number of nitrogens with zero attached hydrogens (tertiary/aromatic N) is 2. The molecule has 1 N–H and O–H groups in total. The van der Waals surface area contributed by atoms with Gasteiger partial charge in [0, 0.05) is 29.7 Å². The minimum atomic E-state index is 0.0963. The van der Waals surface area contributed by atoms with Gasteiger partial charge in [0.05, 0.1) is 12.6 Å². The Balaban J connectivity index is 1.08. The summed E-state index contributed by atoms with van der Waals surface area (Å²) in [6, 6.07) is 27.6. The number of amides is 1. The molecule has 202 valence electrons. The monoisotopic (exact) mass is 521 g/mol. The number of H-pyrrole nitrogens is 1. The maximum atomic E-state index is 13.4. The van der Waals surface area contributed by atoms with Crippen LogP contribution in [0.3, 0.4) is 0 Å². The number of rotatable bonds is 8. The van der Waals surface area contributed by atoms with Crippen LogP contribution in [-0.2, 0) is 22.6 Å². The minimum Gasteiger partial charge on any atom is -0.367 e. The van der Waals surface area contributed by atoms with Gasteiger partial charge in [-0.25, -0.2) is 0 Å². The first-order chi connectivity index (χ1) is 19.2. The molecule has 1 aromatic heterocycles. The highest BCUT2D eigenvalue weighted by atomic mass is 16.5. The van der Waals surface area contributed by atoms with Gasteiger partial charge in [-0.15, -0.1) is 0 Å². The largest absolute Gasteiger partial charge is 0.367 e. The zero-order chi connectivity index (χ0) is 26.6. The van der Waals surface area contributed by atoms with Crippen molar-refractivity contribution in [2.24, 2.45) is 0 Å². The molecule has 1 saturated heterocycles. The third-order valence-corrected chi connectivity index (χ3v) is 8.73. The van der Waals surface area contributed by atoms with Gasteiger partial charge in [0.25, 0.3) is 0 Å². The van der Waals surface area contributed by atoms with Crippen molar-refractivity contribution < 1.29 is 9.53 Å². The molecule has 1 unspecified atom stereocenters. The molecule has 0 radical (unpaired) electrons. The summed E-state index contributed by atoms with van der Waals surface area (Å²) in [6.07, 6.45) is 4.23. The average molecular weight is 522 g/mol. The highest BCUT2D eigenvalue weighted by Crippen LogP contribution is 2.37. The van der Waals surface area contributed by atoms with Crippen LogP contribution in [0, 0.1) is 6.92 Å². The van der Waals surface area contributed by atoms with Gasteiger partial charge in [0.15, 0.2) is 0 Å². The summed E-state index contributed by atoms with van der Waals surface area (Å²) in [4.78, 5) is 21.6. The van der Waals surface area contributed by atoms with Crippen molar-refractivity contribution in [3.05, 3.63) is 107 Å². The Morgan fingerprint density at radius 3 is 2.51 bits per heavy atom. The number of aromatic amines is 1. The number of likely N-dealkylation sites (tertiary alicyclic amines) is 1. The molecule has 4 aromatic rings. The summed E-state index contributed by atoms with van der Waals surface area (Å²) < 4.78 is 5.85. The Hall–Kier alpha value is -3.41. The van der Waals surface area contributed by atoms with Crippen molar-refractivity contribution >= 4 is 16.8 Å². The number of hydrogen-bond acceptors (Lipinski definition) is 3. The van der Waals surface area contributed by atoms with Crippen molar-refractivity contribution in [2.45, 2.75) is 51.2 Å². The van der Waals surface area contributed by atoms with Gasteiger partial charge in [0.1, 0.15) is 6.61 Å². The van der Waals surface area contributed by atoms with Crippen molar-refractivity contribution in [3.8, 4) is 0 Å². The van der Waals surface area contributed by atoms with Gasteiger partial charge in [-0.2, -0.15) is 0 Å². The molecule has 0 saturated carbocycles. The quantitative estimate of drug-likeness (QED) is 0.292. The summed E-state index contributed by atoms with van der Waals surface area (Å²) in [5, 5.41) is 1.39. The Labute approximate surface area is 231 Å². The number of hydrogen-bond donors (Lipinski definition) is 1. The van der Waals surface area contributed by atoms with Crippen LogP contribution in [0.15, 0.2) is 78.9 Å². The minimum absolute atomic E-state index is 0.0963. The maximum absolute atomic E-state index is 13.4. The molecule has 0 bridgehead atoms. The van der Waals surface area contributed by atoms with E-state index in [4.69, 9.17) is 4.74 Å². The molecule has 1 fully saturated rings. The molecule has 2 aliphatic heterocycles. The SMILES string of the molecule is Cc1[nH]c2ccccc2c1C1CCN(CCC2c3ccccc3CCN2C(=O)COCc2ccccc2)CC1. The second kappa shape index (κ2) is 11.8. The van der Waals surface area contributed by atoms with Gasteiger partial charge in [-0.1, -0.05) is 72.8 Å². The van der Waals surface area contributed by atoms with E-state index in [-0.39, 0.29) is 18.6 Å². The number of carbonyl (C=O) groups is 1. The summed E-state index contributed by atoms with van der Waals surface area (Å²) in [7, 11) is 0. The van der Waals surface area contributed by atoms with Gasteiger partial charge >= 0.3 is 0 Å². The number of fused-ring (bicyclic) bond motifs is 2. The van der Waals surface area contributed by atoms with Gasteiger partial charge in [-0.05, 0) is 79.9 Å². The van der Waals surface area contributed by atoms with Crippen LogP contribution in [0.1, 0.15) is 59.2 Å². The molecule has 0 spiro atoms. The lowest BCUT2D eigenvalue weighted by molar-refractivity contribution is -0.139. The fraction of sp³-hybridized carbons (Fsp3) is 0.382. The van der Waals surface area contributed by atoms with Crippen LogP contribution >= 0.6 is 0 Å². The number of aromatic nitrogens is 1. The summed E-state index contributed by atoms with van der Waals surface area (Å²) >= 11 is 0. The molecule has 0 aliphatic carbocycles. The molecule has 2 aliphatic rings. The molecule has 5 nitrogen and oxygen atoms in total. The number of piperidine rings is 1. The highest BCUT2D eigenvalue weighted by Gasteiger charge is 2.32. The lowest BCUT2D eigenvalue weighted by Crippen LogP contribution is -2.43. The van der Waals surface area contributed by atoms with E-state index in [1.54, 1.807) is 0 Å². The normalized spacial score (nSPS) is 18.4. The van der Waals surface area contributed by atoms with E-state index in [2.05, 4.69) is 70.2 Å². The maximum Gasteiger partial charge on any atom is 0.249 e. The van der Waals surface area contributed by atoms with Gasteiger partial charge in [0.2, 0.25) is 5.91 Å². The molecule has 5 heteroatoms. The molecule has 1 atom stereocenters. The zero-order valence-electron chi connectivity index (χ0n) is 22.9. The van der Waals surface area contributed by atoms with Crippen molar-refractivity contribution in [2.75, 3.05) is 32.8 Å². The van der Waals surface area contributed by atoms with Crippen molar-refractivity contribution in [3.63, 3.8) is 0 Å². The van der Waals surface area contributed by atoms with Crippen LogP contribution in [0.25, 0.3) is 10.9 Å². The molecular formula is C34H39N3O2. The van der Waals surface area contributed by atoms with E-state index in [0.717, 1.165) is 44.6 Å². The standard InChI is InChI=1S/C34H39N3O2/c1-25-34(30-13-7-8-14-31(30)35-25)28-15-19-36(20-16-28)21-18-32-29-12-6-5-11-27(29)17-22-37(32)33(38)24-39-23-26-9-3-2-4-10-26/h2-14,28,32,35H,15-24H2,1H3. The lowest BCUT2D eigenvalue weighted by atomic mass is 9.87. The Morgan fingerprint density at radius 1 is 0.923 bits per heavy atom. The molecule has 3 heterocycles. The van der Waals surface area contributed by atoms with E-state index in [1.807, 2.05) is 30.3 Å². The first-order valence-electron chi connectivity index (χ1n) is 14.5. The second-order valence-electron chi connectivity index (χ2n) is 11.1. The summed E-state index contributed by atoms with van der Waals surface area (Å²) in [5.74, 6) is 0.701. The fourth-order valence-electron chi connectivity index (χ4n) is 6.75. The topological polar surface area (TPSA) is 48.6 Å². The number of nitrogens with one attached hydrogen (secondary N) is 1. The third-order valence-electron chi connectivity index (χ3n) is 8.73. The predicted molar refractivity (Wildman–Crippen MR) is 157 cm³/mol. The number of para-hydroxylation sites is 1. The van der Waals surface area contributed by atoms with E-state index in [1.165, 1.54) is 46.1 Å². The Morgan fingerprint density at radius 2 is 1.67 bits per heavy atom. The van der Waals surface area contributed by atoms with Crippen molar-refractivity contribution in [1.82, 2.24) is 14.8 Å². The number of carbonyl (C=O) groups excluding carboxylic acids is 1. The number of aryl methyl sites for hydroxylation is 1. The predicted octanol–water partition coefficient (Wildman–Crippen LogP) is 6.39. The van der Waals surface area contributed by atoms with E-state index in [0.29, 0.717) is 12.5 Å². The van der Waals surface area contributed by atoms with Crippen LogP contribution in [-0.4, -0.2) is 53.5 Å². The van der Waals surface area contributed by atoms with Crippen LogP contribution in [0.2, 0.25) is 0 Å². The van der Waals surface area contributed by atoms with Gasteiger partial charge in [-0.3, -0.25) is 4.79 Å². The molecule has 39 heavy (non-hydrogen) atoms. The van der Waals surface area contributed by atoms with E-state index < -0.39 is 0 Å². The van der Waals surface area contributed by atoms with Crippen LogP contribution < -0.4 is 0 Å². The lowest BCUT2D eigenvalue weighted by Gasteiger charge is -2.39. The zero-order valence-corrected chi connectivity index (χ0v) is 22.9. The number of ether oxygens (including phenoxy) is 1. The Kier molecular flexibility index (Phi) is 7.80. The smallest absolute Gasteiger partial charge is 0.249 e.